The highest BCUT2D eigenvalue weighted by Crippen LogP contribution is 2.61. The van der Waals surface area contributed by atoms with Crippen LogP contribution in [-0.4, -0.2) is 35.2 Å². The molecule has 0 saturated carbocycles. The van der Waals surface area contributed by atoms with Crippen molar-refractivity contribution in [2.75, 3.05) is 16.8 Å². The van der Waals surface area contributed by atoms with Crippen LogP contribution in [0.2, 0.25) is 5.02 Å². The van der Waals surface area contributed by atoms with Crippen molar-refractivity contribution in [2.45, 2.75) is 45.2 Å². The molecule has 164 valence electrons. The zero-order chi connectivity index (χ0) is 22.5. The Labute approximate surface area is 191 Å². The van der Waals surface area contributed by atoms with Crippen LogP contribution < -0.4 is 10.2 Å². The Kier molecular flexibility index (Phi) is 4.00. The summed E-state index contributed by atoms with van der Waals surface area (Å²) in [6, 6.07) is 9.38. The normalized spacial score (nSPS) is 30.8. The molecule has 0 bridgehead atoms. The third-order valence-corrected chi connectivity index (χ3v) is 8.16. The van der Waals surface area contributed by atoms with Crippen molar-refractivity contribution in [2.24, 2.45) is 11.8 Å². The average Bonchev–Trinajstić information content (AvgIpc) is 3.43. The summed E-state index contributed by atoms with van der Waals surface area (Å²) in [7, 11) is 0. The Hall–Kier alpha value is -2.70. The molecular weight excluding hydrogens is 426 g/mol. The summed E-state index contributed by atoms with van der Waals surface area (Å²) in [5.74, 6) is -2.03. The van der Waals surface area contributed by atoms with Crippen LogP contribution in [0.25, 0.3) is 0 Å². The van der Waals surface area contributed by atoms with Gasteiger partial charge in [-0.15, -0.1) is 0 Å². The van der Waals surface area contributed by atoms with Crippen molar-refractivity contribution in [1.82, 2.24) is 4.90 Å². The third-order valence-electron chi connectivity index (χ3n) is 7.86. The number of hydrogen-bond acceptors (Lipinski definition) is 4. The van der Waals surface area contributed by atoms with E-state index in [-0.39, 0.29) is 23.8 Å². The highest BCUT2D eigenvalue weighted by Gasteiger charge is 2.75. The molecular formula is C25H24ClN3O3. The number of imide groups is 1. The van der Waals surface area contributed by atoms with Gasteiger partial charge >= 0.3 is 0 Å². The van der Waals surface area contributed by atoms with Gasteiger partial charge in [0.1, 0.15) is 5.54 Å². The average molecular weight is 450 g/mol. The smallest absolute Gasteiger partial charge is 0.250 e. The van der Waals surface area contributed by atoms with Crippen molar-refractivity contribution < 1.29 is 14.4 Å². The molecule has 4 heterocycles. The van der Waals surface area contributed by atoms with Crippen molar-refractivity contribution in [3.05, 3.63) is 57.6 Å². The molecule has 4 aliphatic heterocycles. The molecule has 2 aromatic rings. The lowest BCUT2D eigenvalue weighted by Crippen LogP contribution is -2.54. The van der Waals surface area contributed by atoms with Gasteiger partial charge in [-0.2, -0.15) is 0 Å². The fraction of sp³-hybridized carbons (Fsp3) is 0.400. The number of fused-ring (bicyclic) bond motifs is 7. The van der Waals surface area contributed by atoms with Crippen LogP contribution in [0.4, 0.5) is 11.4 Å². The number of rotatable bonds is 1. The molecule has 3 fully saturated rings. The van der Waals surface area contributed by atoms with Gasteiger partial charge < -0.3 is 5.32 Å². The third kappa shape index (κ3) is 2.17. The Bertz CT molecular complexity index is 1220. The number of amides is 3. The van der Waals surface area contributed by atoms with E-state index >= 15 is 0 Å². The maximum absolute atomic E-state index is 14.1. The van der Waals surface area contributed by atoms with E-state index in [4.69, 9.17) is 11.6 Å². The molecule has 32 heavy (non-hydrogen) atoms. The van der Waals surface area contributed by atoms with E-state index in [2.05, 4.69) is 10.2 Å². The minimum atomic E-state index is -1.20. The van der Waals surface area contributed by atoms with Crippen molar-refractivity contribution in [3.8, 4) is 0 Å². The lowest BCUT2D eigenvalue weighted by atomic mass is 9.75. The molecule has 3 amide bonds. The molecule has 4 unspecified atom stereocenters. The zero-order valence-electron chi connectivity index (χ0n) is 18.2. The quantitative estimate of drug-likeness (QED) is 0.674. The molecule has 0 aromatic heterocycles. The zero-order valence-corrected chi connectivity index (χ0v) is 19.0. The molecule has 0 radical (unpaired) electrons. The standard InChI is InChI=1S/C25H24ClN3O3/c1-12-10-15-20(16(26)11-12)27-24(32)25(15)19-18(17-8-5-9-28(17)25)22(30)29(23(19)31)21-13(2)6-4-7-14(21)3/h4,6-7,10-11,17-19H,5,8-9H2,1-3H3,(H,27,32). The van der Waals surface area contributed by atoms with E-state index in [1.165, 1.54) is 4.90 Å². The number of benzene rings is 2. The maximum atomic E-state index is 14.1. The van der Waals surface area contributed by atoms with Crippen molar-refractivity contribution in [1.29, 1.82) is 0 Å². The van der Waals surface area contributed by atoms with Gasteiger partial charge in [0.15, 0.2) is 0 Å². The molecule has 4 atom stereocenters. The number of anilines is 2. The molecule has 2 aromatic carbocycles. The number of halogens is 1. The number of nitrogens with one attached hydrogen (secondary N) is 1. The van der Waals surface area contributed by atoms with Crippen molar-refractivity contribution >= 4 is 40.7 Å². The summed E-state index contributed by atoms with van der Waals surface area (Å²) in [4.78, 5) is 45.2. The summed E-state index contributed by atoms with van der Waals surface area (Å²) >= 11 is 6.52. The lowest BCUT2D eigenvalue weighted by Gasteiger charge is -2.37. The second-order valence-electron chi connectivity index (χ2n) is 9.55. The number of carbonyl (C=O) groups is 3. The first-order valence-electron chi connectivity index (χ1n) is 11.1. The molecule has 6 nitrogen and oxygen atoms in total. The monoisotopic (exact) mass is 449 g/mol. The highest BCUT2D eigenvalue weighted by atomic mass is 35.5. The summed E-state index contributed by atoms with van der Waals surface area (Å²) in [5, 5.41) is 3.43. The fourth-order valence-corrected chi connectivity index (χ4v) is 7.10. The fourth-order valence-electron chi connectivity index (χ4n) is 6.77. The summed E-state index contributed by atoms with van der Waals surface area (Å²) in [5.41, 5.74) is 3.42. The predicted molar refractivity (Wildman–Crippen MR) is 122 cm³/mol. The Balaban J connectivity index is 1.60. The van der Waals surface area contributed by atoms with Crippen LogP contribution >= 0.6 is 11.6 Å². The van der Waals surface area contributed by atoms with Gasteiger partial charge in [-0.1, -0.05) is 35.9 Å². The van der Waals surface area contributed by atoms with Crippen LogP contribution in [0.3, 0.4) is 0 Å². The first kappa shape index (κ1) is 19.9. The van der Waals surface area contributed by atoms with Crippen LogP contribution in [0.1, 0.15) is 35.1 Å². The SMILES string of the molecule is Cc1cc(Cl)c2c(c1)C1(C(=O)N2)C2C(=O)N(c3c(C)cccc3C)C(=O)C2C2CCCN21. The van der Waals surface area contributed by atoms with E-state index in [0.717, 1.165) is 35.1 Å². The largest absolute Gasteiger partial charge is 0.323 e. The number of carbonyl (C=O) groups excluding carboxylic acids is 3. The van der Waals surface area contributed by atoms with E-state index in [9.17, 15) is 14.4 Å². The van der Waals surface area contributed by atoms with Gasteiger partial charge in [-0.3, -0.25) is 19.3 Å². The predicted octanol–water partition coefficient (Wildman–Crippen LogP) is 3.70. The molecule has 0 aliphatic carbocycles. The van der Waals surface area contributed by atoms with Crippen LogP contribution in [0.15, 0.2) is 30.3 Å². The second-order valence-corrected chi connectivity index (χ2v) is 9.96. The van der Waals surface area contributed by atoms with E-state index < -0.39 is 17.4 Å². The lowest BCUT2D eigenvalue weighted by molar-refractivity contribution is -0.135. The number of hydrogen-bond donors (Lipinski definition) is 1. The number of nitrogens with zero attached hydrogens (tertiary/aromatic N) is 2. The second kappa shape index (κ2) is 6.42. The molecule has 1 spiro atoms. The van der Waals surface area contributed by atoms with Crippen LogP contribution in [0.5, 0.6) is 0 Å². The van der Waals surface area contributed by atoms with Gasteiger partial charge in [0, 0.05) is 11.6 Å². The van der Waals surface area contributed by atoms with E-state index in [1.807, 2.05) is 51.1 Å². The maximum Gasteiger partial charge on any atom is 0.250 e. The van der Waals surface area contributed by atoms with Gasteiger partial charge in [-0.05, 0) is 62.9 Å². The van der Waals surface area contributed by atoms with Crippen LogP contribution in [-0.2, 0) is 19.9 Å². The Morgan fingerprint density at radius 2 is 1.78 bits per heavy atom. The van der Waals surface area contributed by atoms with Gasteiger partial charge in [-0.25, -0.2) is 4.90 Å². The summed E-state index contributed by atoms with van der Waals surface area (Å²) < 4.78 is 0. The van der Waals surface area contributed by atoms with Gasteiger partial charge in [0.2, 0.25) is 11.8 Å². The summed E-state index contributed by atoms with van der Waals surface area (Å²) in [6.45, 7) is 6.44. The minimum absolute atomic E-state index is 0.137. The van der Waals surface area contributed by atoms with Gasteiger partial charge in [0.05, 0.1) is 28.2 Å². The number of para-hydroxylation sites is 1. The molecule has 4 aliphatic rings. The molecule has 3 saturated heterocycles. The molecule has 7 heteroatoms. The Morgan fingerprint density at radius 1 is 1.06 bits per heavy atom. The number of aryl methyl sites for hydroxylation is 3. The first-order valence-corrected chi connectivity index (χ1v) is 11.5. The first-order chi connectivity index (χ1) is 15.3. The van der Waals surface area contributed by atoms with Gasteiger partial charge in [0.25, 0.3) is 5.91 Å². The van der Waals surface area contributed by atoms with Crippen molar-refractivity contribution in [3.63, 3.8) is 0 Å². The molecule has 6 rings (SSSR count). The molecule has 1 N–H and O–H groups in total. The summed E-state index contributed by atoms with van der Waals surface area (Å²) in [6.07, 6.45) is 1.69. The van der Waals surface area contributed by atoms with E-state index in [0.29, 0.717) is 22.9 Å². The minimum Gasteiger partial charge on any atom is -0.323 e. The van der Waals surface area contributed by atoms with E-state index in [1.54, 1.807) is 0 Å². The highest BCUT2D eigenvalue weighted by molar-refractivity contribution is 6.35. The Morgan fingerprint density at radius 3 is 2.50 bits per heavy atom. The van der Waals surface area contributed by atoms with Crippen LogP contribution in [0, 0.1) is 32.6 Å². The topological polar surface area (TPSA) is 69.7 Å².